The molecule has 6 heteroatoms. The van der Waals surface area contributed by atoms with Gasteiger partial charge in [0.05, 0.1) is 9.50 Å². The van der Waals surface area contributed by atoms with Crippen LogP contribution in [0.5, 0.6) is 0 Å². The smallest absolute Gasteiger partial charge is 0.326 e. The van der Waals surface area contributed by atoms with Crippen LogP contribution in [0, 0.1) is 0 Å². The maximum atomic E-state index is 11.1. The number of aromatic nitrogens is 1. The lowest BCUT2D eigenvalue weighted by atomic mass is 10.2. The van der Waals surface area contributed by atoms with E-state index in [0.717, 1.165) is 10.9 Å². The first-order valence-corrected chi connectivity index (χ1v) is 6.07. The van der Waals surface area contributed by atoms with Gasteiger partial charge in [-0.25, -0.2) is 9.78 Å². The Bertz CT molecular complexity index is 427. The number of anilines is 1. The summed E-state index contributed by atoms with van der Waals surface area (Å²) in [5.74, 6) is -0.157. The highest BCUT2D eigenvalue weighted by atomic mass is 79.9. The zero-order valence-electron chi connectivity index (χ0n) is 8.36. The van der Waals surface area contributed by atoms with Gasteiger partial charge in [0.2, 0.25) is 0 Å². The molecule has 1 saturated heterocycles. The van der Waals surface area contributed by atoms with Crippen LogP contribution in [0.1, 0.15) is 12.8 Å². The predicted octanol–water partition coefficient (Wildman–Crippen LogP) is 2.55. The van der Waals surface area contributed by atoms with E-state index in [4.69, 9.17) is 16.7 Å². The molecule has 2 heterocycles. The molecule has 0 bridgehead atoms. The first-order valence-electron chi connectivity index (χ1n) is 4.90. The summed E-state index contributed by atoms with van der Waals surface area (Å²) in [5.41, 5.74) is 0. The second-order valence-corrected chi connectivity index (χ2v) is 4.94. The molecule has 1 aromatic heterocycles. The van der Waals surface area contributed by atoms with Crippen molar-refractivity contribution in [2.45, 2.75) is 18.9 Å². The zero-order chi connectivity index (χ0) is 11.7. The minimum atomic E-state index is -0.804. The van der Waals surface area contributed by atoms with Gasteiger partial charge in [-0.15, -0.1) is 0 Å². The largest absolute Gasteiger partial charge is 0.480 e. The van der Waals surface area contributed by atoms with Gasteiger partial charge in [-0.1, -0.05) is 11.6 Å². The predicted molar refractivity (Wildman–Crippen MR) is 65.0 cm³/mol. The van der Waals surface area contributed by atoms with Gasteiger partial charge in [0.15, 0.2) is 0 Å². The molecule has 1 aliphatic rings. The van der Waals surface area contributed by atoms with E-state index in [1.54, 1.807) is 11.0 Å². The molecule has 1 unspecified atom stereocenters. The molecule has 2 rings (SSSR count). The van der Waals surface area contributed by atoms with E-state index in [2.05, 4.69) is 20.9 Å². The molecule has 1 fully saturated rings. The average Bonchev–Trinajstić information content (AvgIpc) is 2.66. The number of nitrogens with zero attached hydrogens (tertiary/aromatic N) is 2. The van der Waals surface area contributed by atoms with Crippen molar-refractivity contribution < 1.29 is 9.90 Å². The minimum absolute atomic E-state index is 0.482. The van der Waals surface area contributed by atoms with Crippen molar-refractivity contribution in [2.24, 2.45) is 0 Å². The van der Waals surface area contributed by atoms with Crippen molar-refractivity contribution >= 4 is 39.3 Å². The second kappa shape index (κ2) is 4.59. The number of carbonyl (C=O) groups is 1. The molecule has 0 aromatic carbocycles. The Kier molecular flexibility index (Phi) is 3.35. The number of aliphatic carboxylic acids is 1. The van der Waals surface area contributed by atoms with Crippen LogP contribution in [0.25, 0.3) is 0 Å². The first-order chi connectivity index (χ1) is 7.59. The van der Waals surface area contributed by atoms with Gasteiger partial charge < -0.3 is 10.0 Å². The highest BCUT2D eigenvalue weighted by Crippen LogP contribution is 2.31. The molecular formula is C10H10BrClN2O2. The number of rotatable bonds is 2. The lowest BCUT2D eigenvalue weighted by molar-refractivity contribution is -0.138. The maximum Gasteiger partial charge on any atom is 0.326 e. The molecule has 1 N–H and O–H groups in total. The Morgan fingerprint density at radius 2 is 2.44 bits per heavy atom. The van der Waals surface area contributed by atoms with E-state index in [1.165, 1.54) is 6.20 Å². The molecule has 0 saturated carbocycles. The van der Waals surface area contributed by atoms with Gasteiger partial charge in [-0.3, -0.25) is 0 Å². The monoisotopic (exact) mass is 304 g/mol. The molecule has 1 aromatic rings. The van der Waals surface area contributed by atoms with Gasteiger partial charge in [0.1, 0.15) is 11.9 Å². The van der Waals surface area contributed by atoms with Crippen molar-refractivity contribution in [1.82, 2.24) is 4.98 Å². The Labute approximate surface area is 106 Å². The van der Waals surface area contributed by atoms with Crippen LogP contribution in [0.4, 0.5) is 5.82 Å². The summed E-state index contributed by atoms with van der Waals surface area (Å²) in [7, 11) is 0. The Morgan fingerprint density at radius 1 is 1.69 bits per heavy atom. The van der Waals surface area contributed by atoms with Gasteiger partial charge >= 0.3 is 5.97 Å². The fourth-order valence-corrected chi connectivity index (χ4v) is 2.76. The van der Waals surface area contributed by atoms with E-state index < -0.39 is 12.0 Å². The molecule has 0 aliphatic carbocycles. The normalized spacial score (nSPS) is 20.1. The van der Waals surface area contributed by atoms with E-state index >= 15 is 0 Å². The van der Waals surface area contributed by atoms with Crippen molar-refractivity contribution in [2.75, 3.05) is 11.4 Å². The minimum Gasteiger partial charge on any atom is -0.480 e. The average molecular weight is 306 g/mol. The lowest BCUT2D eigenvalue weighted by Gasteiger charge is -2.23. The third-order valence-corrected chi connectivity index (χ3v) is 3.39. The first kappa shape index (κ1) is 11.7. The summed E-state index contributed by atoms with van der Waals surface area (Å²) in [6, 6.07) is 1.24. The second-order valence-electron chi connectivity index (χ2n) is 3.65. The number of pyridine rings is 1. The third-order valence-electron chi connectivity index (χ3n) is 2.60. The molecule has 0 spiro atoms. The quantitative estimate of drug-likeness (QED) is 0.912. The van der Waals surface area contributed by atoms with Gasteiger partial charge in [-0.05, 0) is 34.8 Å². The van der Waals surface area contributed by atoms with E-state index in [-0.39, 0.29) is 0 Å². The Hall–Kier alpha value is -0.810. The van der Waals surface area contributed by atoms with Gasteiger partial charge in [0, 0.05) is 12.7 Å². The highest BCUT2D eigenvalue weighted by Gasteiger charge is 2.32. The van der Waals surface area contributed by atoms with Crippen molar-refractivity contribution in [3.63, 3.8) is 0 Å². The standard InChI is InChI=1S/C10H10BrClN2O2/c11-7-4-6(12)5-13-9(7)14-3-1-2-8(14)10(15)16/h4-5,8H,1-3H2,(H,15,16). The third kappa shape index (κ3) is 2.15. The molecule has 1 atom stereocenters. The van der Waals surface area contributed by atoms with Crippen molar-refractivity contribution in [3.8, 4) is 0 Å². The highest BCUT2D eigenvalue weighted by molar-refractivity contribution is 9.10. The summed E-state index contributed by atoms with van der Waals surface area (Å²) >= 11 is 9.15. The Morgan fingerprint density at radius 3 is 3.06 bits per heavy atom. The molecule has 16 heavy (non-hydrogen) atoms. The number of halogens is 2. The number of carboxylic acids is 1. The van der Waals surface area contributed by atoms with E-state index in [1.807, 2.05) is 0 Å². The van der Waals surface area contributed by atoms with Crippen LogP contribution in [-0.2, 0) is 4.79 Å². The number of hydrogen-bond donors (Lipinski definition) is 1. The van der Waals surface area contributed by atoms with E-state index in [0.29, 0.717) is 23.8 Å². The molecule has 86 valence electrons. The summed E-state index contributed by atoms with van der Waals surface area (Å²) < 4.78 is 0.730. The molecule has 0 radical (unpaired) electrons. The fourth-order valence-electron chi connectivity index (χ4n) is 1.90. The Balaban J connectivity index is 2.32. The van der Waals surface area contributed by atoms with Crippen LogP contribution in [0.3, 0.4) is 0 Å². The van der Waals surface area contributed by atoms with Crippen molar-refractivity contribution in [1.29, 1.82) is 0 Å². The van der Waals surface area contributed by atoms with Crippen LogP contribution < -0.4 is 4.90 Å². The number of hydrogen-bond acceptors (Lipinski definition) is 3. The summed E-state index contributed by atoms with van der Waals surface area (Å²) in [4.78, 5) is 17.0. The molecule has 4 nitrogen and oxygen atoms in total. The van der Waals surface area contributed by atoms with Crippen LogP contribution >= 0.6 is 27.5 Å². The van der Waals surface area contributed by atoms with Gasteiger partial charge in [-0.2, -0.15) is 0 Å². The maximum absolute atomic E-state index is 11.1. The lowest BCUT2D eigenvalue weighted by Crippen LogP contribution is -2.36. The topological polar surface area (TPSA) is 53.4 Å². The van der Waals surface area contributed by atoms with Crippen LogP contribution in [0.15, 0.2) is 16.7 Å². The summed E-state index contributed by atoms with van der Waals surface area (Å²) in [6.07, 6.45) is 3.05. The van der Waals surface area contributed by atoms with E-state index in [9.17, 15) is 4.79 Å². The molecule has 1 aliphatic heterocycles. The summed E-state index contributed by atoms with van der Waals surface area (Å²) in [5, 5.41) is 9.61. The SMILES string of the molecule is O=C(O)C1CCCN1c1ncc(Cl)cc1Br. The molecular weight excluding hydrogens is 295 g/mol. The summed E-state index contributed by atoms with van der Waals surface area (Å²) in [6.45, 7) is 0.712. The molecule has 0 amide bonds. The fraction of sp³-hybridized carbons (Fsp3) is 0.400. The van der Waals surface area contributed by atoms with Crippen LogP contribution in [0.2, 0.25) is 5.02 Å². The van der Waals surface area contributed by atoms with Crippen molar-refractivity contribution in [3.05, 3.63) is 21.8 Å². The van der Waals surface area contributed by atoms with Crippen LogP contribution in [-0.4, -0.2) is 28.6 Å². The number of carboxylic acid groups (broad SMARTS) is 1. The van der Waals surface area contributed by atoms with Gasteiger partial charge in [0.25, 0.3) is 0 Å². The zero-order valence-corrected chi connectivity index (χ0v) is 10.7.